The Balaban J connectivity index is 2.25. The van der Waals surface area contributed by atoms with Crippen molar-refractivity contribution in [3.05, 3.63) is 33.9 Å². The van der Waals surface area contributed by atoms with Gasteiger partial charge < -0.3 is 15.7 Å². The van der Waals surface area contributed by atoms with Crippen LogP contribution in [0.2, 0.25) is 0 Å². The molecule has 0 radical (unpaired) electrons. The zero-order valence-electron chi connectivity index (χ0n) is 10.5. The second-order valence-corrected chi connectivity index (χ2v) is 4.57. The van der Waals surface area contributed by atoms with Gasteiger partial charge in [-0.05, 0) is 12.5 Å². The quantitative estimate of drug-likeness (QED) is 0.477. The number of nitrogens with zero attached hydrogens (tertiary/aromatic N) is 2. The number of hydrogen-bond donors (Lipinski definition) is 2. The summed E-state index contributed by atoms with van der Waals surface area (Å²) < 4.78 is 0. The third kappa shape index (κ3) is 2.40. The minimum atomic E-state index is -0.952. The standard InChI is InChI=1S/C12H13N3O5/c13-10-8(2-1-3-9(10)15(19)20)11(16)14-5-4-7(6-14)12(17)18/h1-3,7H,4-6,13H2,(H,17,18). The van der Waals surface area contributed by atoms with Crippen molar-refractivity contribution < 1.29 is 19.6 Å². The first-order valence-corrected chi connectivity index (χ1v) is 5.96. The Bertz CT molecular complexity index is 586. The maximum Gasteiger partial charge on any atom is 0.308 e. The molecule has 1 heterocycles. The smallest absolute Gasteiger partial charge is 0.308 e. The number of carboxylic acids is 1. The van der Waals surface area contributed by atoms with Crippen LogP contribution in [0.3, 0.4) is 0 Å². The maximum absolute atomic E-state index is 12.2. The van der Waals surface area contributed by atoms with Gasteiger partial charge in [0.2, 0.25) is 0 Å². The van der Waals surface area contributed by atoms with Gasteiger partial charge in [-0.25, -0.2) is 0 Å². The summed E-state index contributed by atoms with van der Waals surface area (Å²) in [5, 5.41) is 19.7. The number of carboxylic acid groups (broad SMARTS) is 1. The molecule has 0 aliphatic carbocycles. The molecule has 1 aliphatic rings. The second-order valence-electron chi connectivity index (χ2n) is 4.57. The number of carbonyl (C=O) groups is 2. The summed E-state index contributed by atoms with van der Waals surface area (Å²) >= 11 is 0. The zero-order valence-corrected chi connectivity index (χ0v) is 10.5. The molecule has 20 heavy (non-hydrogen) atoms. The van der Waals surface area contributed by atoms with Crippen LogP contribution in [0.25, 0.3) is 0 Å². The highest BCUT2D eigenvalue weighted by Gasteiger charge is 2.32. The van der Waals surface area contributed by atoms with Crippen LogP contribution in [0, 0.1) is 16.0 Å². The van der Waals surface area contributed by atoms with Crippen LogP contribution in [0.1, 0.15) is 16.8 Å². The Kier molecular flexibility index (Phi) is 3.55. The van der Waals surface area contributed by atoms with Crippen molar-refractivity contribution in [1.29, 1.82) is 0 Å². The molecule has 0 spiro atoms. The van der Waals surface area contributed by atoms with E-state index in [2.05, 4.69) is 0 Å². The Morgan fingerprint density at radius 2 is 2.15 bits per heavy atom. The Hall–Kier alpha value is -2.64. The summed E-state index contributed by atoms with van der Waals surface area (Å²) in [7, 11) is 0. The molecule has 1 saturated heterocycles. The van der Waals surface area contributed by atoms with Crippen LogP contribution in [0.5, 0.6) is 0 Å². The van der Waals surface area contributed by atoms with E-state index in [1.54, 1.807) is 0 Å². The first kappa shape index (κ1) is 13.8. The van der Waals surface area contributed by atoms with Crippen molar-refractivity contribution in [2.24, 2.45) is 5.92 Å². The van der Waals surface area contributed by atoms with E-state index in [1.807, 2.05) is 0 Å². The largest absolute Gasteiger partial charge is 0.481 e. The van der Waals surface area contributed by atoms with Gasteiger partial charge in [-0.1, -0.05) is 6.07 Å². The lowest BCUT2D eigenvalue weighted by Crippen LogP contribution is -2.30. The molecule has 1 aliphatic heterocycles. The van der Waals surface area contributed by atoms with Crippen molar-refractivity contribution >= 4 is 23.3 Å². The van der Waals surface area contributed by atoms with Gasteiger partial charge >= 0.3 is 5.97 Å². The minimum Gasteiger partial charge on any atom is -0.481 e. The number of anilines is 1. The fraction of sp³-hybridized carbons (Fsp3) is 0.333. The van der Waals surface area contributed by atoms with Crippen molar-refractivity contribution in [2.45, 2.75) is 6.42 Å². The van der Waals surface area contributed by atoms with Gasteiger partial charge in [-0.3, -0.25) is 19.7 Å². The number of amides is 1. The van der Waals surface area contributed by atoms with Crippen LogP contribution in [0.15, 0.2) is 18.2 Å². The Morgan fingerprint density at radius 3 is 2.70 bits per heavy atom. The van der Waals surface area contributed by atoms with Crippen LogP contribution in [-0.2, 0) is 4.79 Å². The van der Waals surface area contributed by atoms with Gasteiger partial charge in [-0.15, -0.1) is 0 Å². The summed E-state index contributed by atoms with van der Waals surface area (Å²) in [4.78, 5) is 34.6. The molecular weight excluding hydrogens is 266 g/mol. The van der Waals surface area contributed by atoms with Crippen molar-refractivity contribution in [3.8, 4) is 0 Å². The summed E-state index contributed by atoms with van der Waals surface area (Å²) in [6.45, 7) is 0.397. The number of aliphatic carboxylic acids is 1. The molecule has 8 heteroatoms. The SMILES string of the molecule is Nc1c(C(=O)N2CCC(C(=O)O)C2)cccc1[N+](=O)[O-]. The second kappa shape index (κ2) is 5.16. The number of para-hydroxylation sites is 1. The third-order valence-corrected chi connectivity index (χ3v) is 3.33. The molecule has 0 saturated carbocycles. The van der Waals surface area contributed by atoms with Crippen molar-refractivity contribution in [1.82, 2.24) is 4.90 Å². The lowest BCUT2D eigenvalue weighted by Gasteiger charge is -2.16. The van der Waals surface area contributed by atoms with E-state index < -0.39 is 22.7 Å². The molecule has 1 unspecified atom stereocenters. The first-order chi connectivity index (χ1) is 9.41. The number of nitrogen functional groups attached to an aromatic ring is 1. The van der Waals surface area contributed by atoms with Gasteiger partial charge in [0, 0.05) is 19.2 Å². The summed E-state index contributed by atoms with van der Waals surface area (Å²) in [6.07, 6.45) is 0.371. The number of hydrogen-bond acceptors (Lipinski definition) is 5. The average Bonchev–Trinajstić information content (AvgIpc) is 2.87. The number of nitro benzene ring substituents is 1. The van der Waals surface area contributed by atoms with Crippen LogP contribution in [0.4, 0.5) is 11.4 Å². The van der Waals surface area contributed by atoms with Crippen molar-refractivity contribution in [3.63, 3.8) is 0 Å². The molecule has 1 fully saturated rings. The highest BCUT2D eigenvalue weighted by atomic mass is 16.6. The fourth-order valence-corrected chi connectivity index (χ4v) is 2.22. The molecular formula is C12H13N3O5. The maximum atomic E-state index is 12.2. The minimum absolute atomic E-state index is 0.0326. The molecule has 0 aromatic heterocycles. The van der Waals surface area contributed by atoms with Gasteiger partial charge in [0.25, 0.3) is 11.6 Å². The van der Waals surface area contributed by atoms with Gasteiger partial charge in [0.15, 0.2) is 0 Å². The Morgan fingerprint density at radius 1 is 1.45 bits per heavy atom. The number of rotatable bonds is 3. The monoisotopic (exact) mass is 279 g/mol. The number of carbonyl (C=O) groups excluding carboxylic acids is 1. The molecule has 1 aromatic rings. The van der Waals surface area contributed by atoms with Crippen LogP contribution < -0.4 is 5.73 Å². The molecule has 1 atom stereocenters. The fourth-order valence-electron chi connectivity index (χ4n) is 2.22. The molecule has 8 nitrogen and oxygen atoms in total. The first-order valence-electron chi connectivity index (χ1n) is 5.96. The summed E-state index contributed by atoms with van der Waals surface area (Å²) in [5.41, 5.74) is 5.15. The molecule has 106 valence electrons. The molecule has 3 N–H and O–H groups in total. The molecule has 2 rings (SSSR count). The van der Waals surface area contributed by atoms with E-state index in [0.29, 0.717) is 13.0 Å². The number of benzene rings is 1. The third-order valence-electron chi connectivity index (χ3n) is 3.33. The molecule has 1 aromatic carbocycles. The normalized spacial score (nSPS) is 18.0. The lowest BCUT2D eigenvalue weighted by molar-refractivity contribution is -0.383. The van der Waals surface area contributed by atoms with E-state index in [9.17, 15) is 19.7 Å². The zero-order chi connectivity index (χ0) is 14.9. The van der Waals surface area contributed by atoms with Gasteiger partial charge in [-0.2, -0.15) is 0 Å². The van der Waals surface area contributed by atoms with E-state index >= 15 is 0 Å². The van der Waals surface area contributed by atoms with Gasteiger partial charge in [0.05, 0.1) is 16.4 Å². The van der Waals surface area contributed by atoms with E-state index in [1.165, 1.54) is 23.1 Å². The average molecular weight is 279 g/mol. The number of likely N-dealkylation sites (tertiary alicyclic amines) is 1. The number of nitro groups is 1. The highest BCUT2D eigenvalue weighted by Crippen LogP contribution is 2.27. The highest BCUT2D eigenvalue weighted by molar-refractivity contribution is 6.01. The van der Waals surface area contributed by atoms with Gasteiger partial charge in [0.1, 0.15) is 5.69 Å². The van der Waals surface area contributed by atoms with Crippen LogP contribution >= 0.6 is 0 Å². The van der Waals surface area contributed by atoms with Crippen molar-refractivity contribution in [2.75, 3.05) is 18.8 Å². The predicted octanol–water partition coefficient (Wildman–Crippen LogP) is 0.724. The summed E-state index contributed by atoms with van der Waals surface area (Å²) in [5.74, 6) is -2.03. The Labute approximate surface area is 113 Å². The van der Waals surface area contributed by atoms with E-state index in [4.69, 9.17) is 10.8 Å². The topological polar surface area (TPSA) is 127 Å². The van der Waals surface area contributed by atoms with Crippen LogP contribution in [-0.4, -0.2) is 39.9 Å². The predicted molar refractivity (Wildman–Crippen MR) is 69.2 cm³/mol. The molecule has 1 amide bonds. The summed E-state index contributed by atoms with van der Waals surface area (Å²) in [6, 6.07) is 4.00. The molecule has 0 bridgehead atoms. The number of nitrogens with two attached hydrogens (primary N) is 1. The van der Waals surface area contributed by atoms with E-state index in [-0.39, 0.29) is 23.5 Å². The lowest BCUT2D eigenvalue weighted by atomic mass is 10.1. The van der Waals surface area contributed by atoms with E-state index in [0.717, 1.165) is 0 Å².